The number of aromatic nitrogens is 4. The molecule has 0 fully saturated rings. The number of fused-ring (bicyclic) bond motifs is 1. The first-order valence-corrected chi connectivity index (χ1v) is 9.01. The third-order valence-corrected chi connectivity index (χ3v) is 4.76. The summed E-state index contributed by atoms with van der Waals surface area (Å²) < 4.78 is 0. The molecule has 4 rings (SSSR count). The average molecular weight is 393 g/mol. The number of nitrogens with one attached hydrogen (secondary N) is 2. The molecule has 0 aliphatic carbocycles. The lowest BCUT2D eigenvalue weighted by Crippen LogP contribution is -2.17. The molecule has 0 radical (unpaired) electrons. The van der Waals surface area contributed by atoms with Crippen molar-refractivity contribution < 1.29 is 0 Å². The number of hydrogen-bond donors (Lipinski definition) is 3. The predicted octanol–water partition coefficient (Wildman–Crippen LogP) is 3.79. The summed E-state index contributed by atoms with van der Waals surface area (Å²) in [6.45, 7) is 1.92. The Bertz CT molecular complexity index is 1210. The van der Waals surface area contributed by atoms with E-state index in [0.717, 1.165) is 16.5 Å². The van der Waals surface area contributed by atoms with Gasteiger partial charge < -0.3 is 16.0 Å². The van der Waals surface area contributed by atoms with Crippen molar-refractivity contribution in [3.05, 3.63) is 76.1 Å². The van der Waals surface area contributed by atoms with Gasteiger partial charge in [0.25, 0.3) is 5.56 Å². The van der Waals surface area contributed by atoms with Gasteiger partial charge in [0.1, 0.15) is 5.82 Å². The molecule has 7 nitrogen and oxygen atoms in total. The molecule has 4 N–H and O–H groups in total. The molecule has 0 aliphatic rings. The van der Waals surface area contributed by atoms with Crippen LogP contribution in [0.15, 0.2) is 59.8 Å². The first-order valence-electron chi connectivity index (χ1n) is 8.64. The second-order valence-corrected chi connectivity index (χ2v) is 6.76. The summed E-state index contributed by atoms with van der Waals surface area (Å²) in [5.41, 5.74) is 7.87. The average Bonchev–Trinajstić information content (AvgIpc) is 2.68. The zero-order valence-corrected chi connectivity index (χ0v) is 15.7. The molecule has 0 spiro atoms. The van der Waals surface area contributed by atoms with Crippen LogP contribution in [0.4, 0.5) is 11.8 Å². The maximum absolute atomic E-state index is 12.5. The van der Waals surface area contributed by atoms with Gasteiger partial charge in [-0.05, 0) is 30.5 Å². The molecular formula is C20H17ClN6O. The number of rotatable bonds is 4. The Hall–Kier alpha value is -3.45. The molecule has 0 saturated carbocycles. The number of nitrogens with two attached hydrogens (primary N) is 1. The fourth-order valence-electron chi connectivity index (χ4n) is 3.05. The number of pyridine rings is 2. The van der Waals surface area contributed by atoms with Gasteiger partial charge in [-0.3, -0.25) is 9.78 Å². The summed E-state index contributed by atoms with van der Waals surface area (Å²) in [4.78, 5) is 28.0. The molecule has 0 aliphatic heterocycles. The molecule has 28 heavy (non-hydrogen) atoms. The summed E-state index contributed by atoms with van der Waals surface area (Å²) in [6.07, 6.45) is 5.07. The van der Waals surface area contributed by atoms with Crippen molar-refractivity contribution in [2.45, 2.75) is 13.0 Å². The van der Waals surface area contributed by atoms with E-state index in [4.69, 9.17) is 17.3 Å². The molecule has 0 bridgehead atoms. The summed E-state index contributed by atoms with van der Waals surface area (Å²) in [5.74, 6) is 0.709. The first-order chi connectivity index (χ1) is 13.5. The molecule has 8 heteroatoms. The van der Waals surface area contributed by atoms with Gasteiger partial charge in [-0.1, -0.05) is 29.8 Å². The van der Waals surface area contributed by atoms with E-state index in [1.807, 2.05) is 37.3 Å². The number of aromatic amines is 1. The Morgan fingerprint density at radius 3 is 2.86 bits per heavy atom. The van der Waals surface area contributed by atoms with Gasteiger partial charge in [-0.25, -0.2) is 4.98 Å². The van der Waals surface area contributed by atoms with Gasteiger partial charge in [0.2, 0.25) is 5.95 Å². The number of anilines is 2. The van der Waals surface area contributed by atoms with Crippen molar-refractivity contribution in [3.63, 3.8) is 0 Å². The van der Waals surface area contributed by atoms with Crippen LogP contribution in [-0.2, 0) is 0 Å². The van der Waals surface area contributed by atoms with E-state index >= 15 is 0 Å². The smallest absolute Gasteiger partial charge is 0.257 e. The van der Waals surface area contributed by atoms with Gasteiger partial charge in [-0.15, -0.1) is 0 Å². The van der Waals surface area contributed by atoms with Crippen LogP contribution < -0.4 is 16.6 Å². The van der Waals surface area contributed by atoms with Crippen LogP contribution in [0.5, 0.6) is 0 Å². The van der Waals surface area contributed by atoms with Crippen LogP contribution in [0.2, 0.25) is 5.02 Å². The molecule has 1 atom stereocenters. The van der Waals surface area contributed by atoms with Gasteiger partial charge in [0.05, 0.1) is 16.5 Å². The Kier molecular flexibility index (Phi) is 4.67. The molecule has 4 aromatic rings. The van der Waals surface area contributed by atoms with Crippen molar-refractivity contribution in [3.8, 4) is 11.1 Å². The normalized spacial score (nSPS) is 12.1. The molecule has 140 valence electrons. The lowest BCUT2D eigenvalue weighted by atomic mass is 10.1. The fourth-order valence-corrected chi connectivity index (χ4v) is 3.32. The fraction of sp³-hybridized carbons (Fsp3) is 0.100. The predicted molar refractivity (Wildman–Crippen MR) is 111 cm³/mol. The zero-order valence-electron chi connectivity index (χ0n) is 15.0. The highest BCUT2D eigenvalue weighted by Crippen LogP contribution is 2.29. The van der Waals surface area contributed by atoms with Crippen LogP contribution in [0, 0.1) is 0 Å². The van der Waals surface area contributed by atoms with Crippen LogP contribution in [0.1, 0.15) is 18.7 Å². The Morgan fingerprint density at radius 2 is 2.07 bits per heavy atom. The SMILES string of the molecule is C[C@H](Nc1nc(N)ncc1-c1cccnc1)c1cc2cccc(Cl)c2c(=O)[nH]1. The Labute approximate surface area is 165 Å². The summed E-state index contributed by atoms with van der Waals surface area (Å²) in [7, 11) is 0. The monoisotopic (exact) mass is 392 g/mol. The molecule has 1 aromatic carbocycles. The molecule has 0 unspecified atom stereocenters. The number of hydrogen-bond acceptors (Lipinski definition) is 6. The number of nitrogens with zero attached hydrogens (tertiary/aromatic N) is 3. The topological polar surface area (TPSA) is 110 Å². The van der Waals surface area contributed by atoms with E-state index in [2.05, 4.69) is 25.3 Å². The minimum Gasteiger partial charge on any atom is -0.368 e. The van der Waals surface area contributed by atoms with Crippen molar-refractivity contribution in [2.24, 2.45) is 0 Å². The Morgan fingerprint density at radius 1 is 1.21 bits per heavy atom. The van der Waals surface area contributed by atoms with Gasteiger partial charge in [0.15, 0.2) is 0 Å². The number of halogens is 1. The van der Waals surface area contributed by atoms with Crippen LogP contribution in [-0.4, -0.2) is 19.9 Å². The lowest BCUT2D eigenvalue weighted by Gasteiger charge is -2.18. The van der Waals surface area contributed by atoms with Crippen LogP contribution in [0.3, 0.4) is 0 Å². The second-order valence-electron chi connectivity index (χ2n) is 6.36. The highest BCUT2D eigenvalue weighted by Gasteiger charge is 2.15. The van der Waals surface area contributed by atoms with E-state index in [0.29, 0.717) is 21.9 Å². The Balaban J connectivity index is 1.73. The minimum atomic E-state index is -0.249. The van der Waals surface area contributed by atoms with E-state index in [-0.39, 0.29) is 17.5 Å². The molecule has 0 amide bonds. The summed E-state index contributed by atoms with van der Waals surface area (Å²) in [5, 5.41) is 4.98. The van der Waals surface area contributed by atoms with E-state index in [1.165, 1.54) is 0 Å². The van der Waals surface area contributed by atoms with Gasteiger partial charge in [-0.2, -0.15) is 4.98 Å². The second kappa shape index (κ2) is 7.28. The third-order valence-electron chi connectivity index (χ3n) is 4.44. The van der Waals surface area contributed by atoms with Gasteiger partial charge >= 0.3 is 0 Å². The number of H-pyrrole nitrogens is 1. The highest BCUT2D eigenvalue weighted by molar-refractivity contribution is 6.35. The first kappa shape index (κ1) is 17.9. The maximum Gasteiger partial charge on any atom is 0.257 e. The van der Waals surface area contributed by atoms with E-state index in [1.54, 1.807) is 24.7 Å². The maximum atomic E-state index is 12.5. The number of nitrogen functional groups attached to an aromatic ring is 1. The van der Waals surface area contributed by atoms with Crippen LogP contribution in [0.25, 0.3) is 21.9 Å². The summed E-state index contributed by atoms with van der Waals surface area (Å²) in [6, 6.07) is 10.8. The van der Waals surface area contributed by atoms with Crippen LogP contribution >= 0.6 is 11.6 Å². The summed E-state index contributed by atoms with van der Waals surface area (Å²) >= 11 is 6.16. The minimum absolute atomic E-state index is 0.154. The van der Waals surface area contributed by atoms with E-state index in [9.17, 15) is 4.79 Å². The molecule has 0 saturated heterocycles. The van der Waals surface area contributed by atoms with Crippen molar-refractivity contribution >= 4 is 34.1 Å². The lowest BCUT2D eigenvalue weighted by molar-refractivity contribution is 0.829. The third kappa shape index (κ3) is 3.39. The molecule has 3 aromatic heterocycles. The highest BCUT2D eigenvalue weighted by atomic mass is 35.5. The van der Waals surface area contributed by atoms with Crippen molar-refractivity contribution in [1.29, 1.82) is 0 Å². The van der Waals surface area contributed by atoms with Crippen molar-refractivity contribution in [1.82, 2.24) is 19.9 Å². The van der Waals surface area contributed by atoms with Crippen molar-refractivity contribution in [2.75, 3.05) is 11.1 Å². The largest absolute Gasteiger partial charge is 0.368 e. The van der Waals surface area contributed by atoms with E-state index < -0.39 is 0 Å². The van der Waals surface area contributed by atoms with Gasteiger partial charge in [0, 0.05) is 35.4 Å². The molecule has 3 heterocycles. The number of benzene rings is 1. The quantitative estimate of drug-likeness (QED) is 0.487. The zero-order chi connectivity index (χ0) is 19.7. The molecular weight excluding hydrogens is 376 g/mol. The standard InChI is InChI=1S/C20H17ClN6O/c1-11(16-8-12-4-2-6-15(21)17(12)19(28)26-16)25-18-14(10-24-20(22)27-18)13-5-3-7-23-9-13/h2-11H,1H3,(H,26,28)(H3,22,24,25,27)/t11-/m0/s1.